The van der Waals surface area contributed by atoms with Gasteiger partial charge >= 0.3 is 0 Å². The van der Waals surface area contributed by atoms with Gasteiger partial charge in [0.25, 0.3) is 5.91 Å². The van der Waals surface area contributed by atoms with Gasteiger partial charge in [0, 0.05) is 17.2 Å². The van der Waals surface area contributed by atoms with E-state index in [-0.39, 0.29) is 23.9 Å². The minimum atomic E-state index is -0.233. The number of oxime groups is 1. The maximum atomic E-state index is 12.1. The topological polar surface area (TPSA) is 108 Å². The van der Waals surface area contributed by atoms with E-state index in [0.717, 1.165) is 25.7 Å². The van der Waals surface area contributed by atoms with Gasteiger partial charge in [-0.05, 0) is 37.8 Å². The molecule has 1 fully saturated rings. The molecule has 6 heteroatoms. The Morgan fingerprint density at radius 1 is 1.15 bits per heavy atom. The normalized spacial score (nSPS) is 23.4. The molecule has 0 saturated heterocycles. The highest BCUT2D eigenvalue weighted by Crippen LogP contribution is 2.18. The van der Waals surface area contributed by atoms with Crippen molar-refractivity contribution in [3.63, 3.8) is 0 Å². The second-order valence-electron chi connectivity index (χ2n) is 5.04. The fourth-order valence-electron chi connectivity index (χ4n) is 2.34. The maximum absolute atomic E-state index is 12.1. The predicted molar refractivity (Wildman–Crippen MR) is 74.7 cm³/mol. The van der Waals surface area contributed by atoms with Crippen LogP contribution >= 0.6 is 0 Å². The monoisotopic (exact) mass is 277 g/mol. The standard InChI is InChI=1S/C14H19N3O3/c15-13(17-20)9-1-3-10(4-2-9)14(19)16-11-5-7-12(18)8-6-11/h1-4,11-12,18,20H,5-8H2,(H2,15,17)(H,16,19). The average Bonchev–Trinajstić information content (AvgIpc) is 2.49. The Morgan fingerprint density at radius 3 is 2.25 bits per heavy atom. The van der Waals surface area contributed by atoms with Crippen molar-refractivity contribution in [2.75, 3.05) is 0 Å². The van der Waals surface area contributed by atoms with Crippen molar-refractivity contribution in [1.29, 1.82) is 0 Å². The first kappa shape index (κ1) is 14.3. The second-order valence-corrected chi connectivity index (χ2v) is 5.04. The molecule has 0 unspecified atom stereocenters. The van der Waals surface area contributed by atoms with E-state index in [2.05, 4.69) is 10.5 Å². The summed E-state index contributed by atoms with van der Waals surface area (Å²) in [5.74, 6) is -0.129. The lowest BCUT2D eigenvalue weighted by atomic mass is 9.93. The van der Waals surface area contributed by atoms with E-state index in [0.29, 0.717) is 11.1 Å². The Balaban J connectivity index is 1.95. The van der Waals surface area contributed by atoms with Gasteiger partial charge in [0.05, 0.1) is 6.10 Å². The zero-order chi connectivity index (χ0) is 14.5. The van der Waals surface area contributed by atoms with E-state index in [1.54, 1.807) is 24.3 Å². The van der Waals surface area contributed by atoms with Gasteiger partial charge in [-0.3, -0.25) is 4.79 Å². The molecule has 0 spiro atoms. The summed E-state index contributed by atoms with van der Waals surface area (Å²) in [5.41, 5.74) is 6.55. The molecular weight excluding hydrogens is 258 g/mol. The first-order valence-corrected chi connectivity index (χ1v) is 6.67. The summed E-state index contributed by atoms with van der Waals surface area (Å²) in [6.45, 7) is 0. The van der Waals surface area contributed by atoms with Crippen LogP contribution in [-0.2, 0) is 0 Å². The number of nitrogens with one attached hydrogen (secondary N) is 1. The van der Waals surface area contributed by atoms with Crippen molar-refractivity contribution < 1.29 is 15.1 Å². The van der Waals surface area contributed by atoms with Crippen LogP contribution in [0.2, 0.25) is 0 Å². The van der Waals surface area contributed by atoms with Crippen LogP contribution in [0.4, 0.5) is 0 Å². The minimum Gasteiger partial charge on any atom is -0.409 e. The van der Waals surface area contributed by atoms with Crippen molar-refractivity contribution in [1.82, 2.24) is 5.32 Å². The quantitative estimate of drug-likeness (QED) is 0.284. The summed E-state index contributed by atoms with van der Waals surface area (Å²) in [5, 5.41) is 23.9. The molecule has 6 nitrogen and oxygen atoms in total. The molecule has 1 aliphatic rings. The number of nitrogens with two attached hydrogens (primary N) is 1. The second kappa shape index (κ2) is 6.38. The number of amidine groups is 1. The highest BCUT2D eigenvalue weighted by atomic mass is 16.4. The number of aliphatic hydroxyl groups is 1. The number of benzene rings is 1. The number of aliphatic hydroxyl groups excluding tert-OH is 1. The molecule has 5 N–H and O–H groups in total. The predicted octanol–water partition coefficient (Wildman–Crippen LogP) is 0.814. The Labute approximate surface area is 117 Å². The largest absolute Gasteiger partial charge is 0.409 e. The fraction of sp³-hybridized carbons (Fsp3) is 0.429. The van der Waals surface area contributed by atoms with Gasteiger partial charge < -0.3 is 21.4 Å². The molecule has 2 rings (SSSR count). The smallest absolute Gasteiger partial charge is 0.251 e. The number of carbonyl (C=O) groups excluding carboxylic acids is 1. The van der Waals surface area contributed by atoms with E-state index in [1.165, 1.54) is 0 Å². The number of nitrogens with zero attached hydrogens (tertiary/aromatic N) is 1. The van der Waals surface area contributed by atoms with E-state index >= 15 is 0 Å². The van der Waals surface area contributed by atoms with Crippen LogP contribution in [0.25, 0.3) is 0 Å². The van der Waals surface area contributed by atoms with Crippen molar-refractivity contribution in [2.45, 2.75) is 37.8 Å². The zero-order valence-corrected chi connectivity index (χ0v) is 11.1. The molecule has 1 aliphatic carbocycles. The first-order valence-electron chi connectivity index (χ1n) is 6.67. The SMILES string of the molecule is N/C(=N/O)c1ccc(C(=O)NC2CCC(O)CC2)cc1. The van der Waals surface area contributed by atoms with Crippen molar-refractivity contribution >= 4 is 11.7 Å². The lowest BCUT2D eigenvalue weighted by Crippen LogP contribution is -2.38. The Kier molecular flexibility index (Phi) is 4.57. The van der Waals surface area contributed by atoms with Gasteiger partial charge in [-0.15, -0.1) is 0 Å². The van der Waals surface area contributed by atoms with E-state index in [9.17, 15) is 9.90 Å². The first-order chi connectivity index (χ1) is 9.60. The third-order valence-corrected chi connectivity index (χ3v) is 3.58. The van der Waals surface area contributed by atoms with Crippen molar-refractivity contribution in [2.24, 2.45) is 10.9 Å². The number of hydrogen-bond acceptors (Lipinski definition) is 4. The highest BCUT2D eigenvalue weighted by molar-refractivity contribution is 5.99. The molecule has 1 amide bonds. The summed E-state index contributed by atoms with van der Waals surface area (Å²) in [7, 11) is 0. The zero-order valence-electron chi connectivity index (χ0n) is 11.1. The summed E-state index contributed by atoms with van der Waals surface area (Å²) >= 11 is 0. The molecule has 0 radical (unpaired) electrons. The Morgan fingerprint density at radius 2 is 1.70 bits per heavy atom. The van der Waals surface area contributed by atoms with E-state index in [1.807, 2.05) is 0 Å². The maximum Gasteiger partial charge on any atom is 0.251 e. The molecule has 1 aromatic carbocycles. The molecule has 0 atom stereocenters. The van der Waals surface area contributed by atoms with E-state index in [4.69, 9.17) is 10.9 Å². The molecule has 0 bridgehead atoms. The minimum absolute atomic E-state index is 0.0122. The van der Waals surface area contributed by atoms with Crippen LogP contribution in [0, 0.1) is 0 Å². The van der Waals surface area contributed by atoms with Gasteiger partial charge in [-0.1, -0.05) is 17.3 Å². The number of hydrogen-bond donors (Lipinski definition) is 4. The summed E-state index contributed by atoms with van der Waals surface area (Å²) in [4.78, 5) is 12.1. The Bertz CT molecular complexity index is 491. The average molecular weight is 277 g/mol. The van der Waals surface area contributed by atoms with Gasteiger partial charge in [0.1, 0.15) is 0 Å². The summed E-state index contributed by atoms with van der Waals surface area (Å²) in [6, 6.07) is 6.67. The van der Waals surface area contributed by atoms with Crippen LogP contribution in [0.5, 0.6) is 0 Å². The molecule has 1 aromatic rings. The molecular formula is C14H19N3O3. The Hall–Kier alpha value is -2.08. The van der Waals surface area contributed by atoms with Crippen LogP contribution in [0.3, 0.4) is 0 Å². The fourth-order valence-corrected chi connectivity index (χ4v) is 2.34. The van der Waals surface area contributed by atoms with Gasteiger partial charge in [0.15, 0.2) is 5.84 Å². The van der Waals surface area contributed by atoms with Crippen LogP contribution in [-0.4, -0.2) is 34.2 Å². The summed E-state index contributed by atoms with van der Waals surface area (Å²) in [6.07, 6.45) is 2.83. The lowest BCUT2D eigenvalue weighted by Gasteiger charge is -2.26. The number of carbonyl (C=O) groups is 1. The molecule has 20 heavy (non-hydrogen) atoms. The molecule has 0 heterocycles. The van der Waals surface area contributed by atoms with E-state index < -0.39 is 0 Å². The van der Waals surface area contributed by atoms with Crippen molar-refractivity contribution in [3.05, 3.63) is 35.4 Å². The highest BCUT2D eigenvalue weighted by Gasteiger charge is 2.21. The lowest BCUT2D eigenvalue weighted by molar-refractivity contribution is 0.0867. The number of amides is 1. The molecule has 0 aromatic heterocycles. The summed E-state index contributed by atoms with van der Waals surface area (Å²) < 4.78 is 0. The molecule has 1 saturated carbocycles. The third kappa shape index (κ3) is 3.48. The van der Waals surface area contributed by atoms with Gasteiger partial charge in [0.2, 0.25) is 0 Å². The third-order valence-electron chi connectivity index (χ3n) is 3.58. The van der Waals surface area contributed by atoms with Crippen LogP contribution < -0.4 is 11.1 Å². The molecule has 108 valence electrons. The van der Waals surface area contributed by atoms with Crippen LogP contribution in [0.1, 0.15) is 41.6 Å². The van der Waals surface area contributed by atoms with Crippen LogP contribution in [0.15, 0.2) is 29.4 Å². The number of rotatable bonds is 3. The van der Waals surface area contributed by atoms with Crippen molar-refractivity contribution in [3.8, 4) is 0 Å². The van der Waals surface area contributed by atoms with Gasteiger partial charge in [-0.25, -0.2) is 0 Å². The molecule has 0 aliphatic heterocycles. The van der Waals surface area contributed by atoms with Gasteiger partial charge in [-0.2, -0.15) is 0 Å².